The Hall–Kier alpha value is -2.11. The number of benzene rings is 1. The molecule has 1 aromatic carbocycles. The van der Waals surface area contributed by atoms with Crippen LogP contribution in [0.3, 0.4) is 0 Å². The summed E-state index contributed by atoms with van der Waals surface area (Å²) in [4.78, 5) is 21.4. The van der Waals surface area contributed by atoms with Crippen molar-refractivity contribution in [3.8, 4) is 5.75 Å². The normalized spacial score (nSPS) is 11.1. The summed E-state index contributed by atoms with van der Waals surface area (Å²) < 4.78 is 5.30. The molecule has 0 fully saturated rings. The van der Waals surface area contributed by atoms with Crippen molar-refractivity contribution in [1.82, 2.24) is 0 Å². The third-order valence-electron chi connectivity index (χ3n) is 2.80. The minimum atomic E-state index is -1.10. The first-order chi connectivity index (χ1) is 8.77. The highest BCUT2D eigenvalue weighted by atomic mass is 16.6. The number of ether oxygens (including phenoxy) is 1. The molecule has 0 spiro atoms. The number of carbonyl (C=O) groups is 1. The van der Waals surface area contributed by atoms with E-state index in [2.05, 4.69) is 0 Å². The number of hydrogen-bond donors (Lipinski definition) is 1. The lowest BCUT2D eigenvalue weighted by atomic mass is 9.95. The van der Waals surface area contributed by atoms with Crippen LogP contribution >= 0.6 is 0 Å². The largest absolute Gasteiger partial charge is 0.486 e. The van der Waals surface area contributed by atoms with E-state index in [-0.39, 0.29) is 18.0 Å². The van der Waals surface area contributed by atoms with Crippen LogP contribution in [0.1, 0.15) is 26.3 Å². The molecule has 0 saturated carbocycles. The average Bonchev–Trinajstić information content (AvgIpc) is 2.35. The number of hydrogen-bond acceptors (Lipinski definition) is 4. The molecule has 1 aromatic rings. The summed E-state index contributed by atoms with van der Waals surface area (Å²) in [6.07, 6.45) is 0.682. The maximum absolute atomic E-state index is 11.0. The standard InChI is InChI=1S/C13H17NO5/c1-4-9-5-6-11(10(7-9)14(17)18)19-8-13(2,3)12(15)16/h5-7H,4,8H2,1-3H3,(H,15,16). The molecule has 0 amide bonds. The fraction of sp³-hybridized carbons (Fsp3) is 0.462. The number of carboxylic acids is 1. The van der Waals surface area contributed by atoms with E-state index in [0.717, 1.165) is 5.56 Å². The van der Waals surface area contributed by atoms with Crippen molar-refractivity contribution < 1.29 is 19.6 Å². The molecule has 0 atom stereocenters. The van der Waals surface area contributed by atoms with Gasteiger partial charge in [-0.3, -0.25) is 14.9 Å². The summed E-state index contributed by atoms with van der Waals surface area (Å²) in [5.41, 5.74) is -0.408. The van der Waals surface area contributed by atoms with Crippen LogP contribution in [0.2, 0.25) is 0 Å². The van der Waals surface area contributed by atoms with Crippen LogP contribution in [0.25, 0.3) is 0 Å². The molecule has 19 heavy (non-hydrogen) atoms. The minimum absolute atomic E-state index is 0.0940. The van der Waals surface area contributed by atoms with Crippen molar-refractivity contribution in [2.45, 2.75) is 27.2 Å². The van der Waals surface area contributed by atoms with E-state index in [4.69, 9.17) is 9.84 Å². The van der Waals surface area contributed by atoms with Gasteiger partial charge in [0.25, 0.3) is 0 Å². The predicted octanol–water partition coefficient (Wildman–Crippen LogP) is 2.65. The van der Waals surface area contributed by atoms with Crippen LogP contribution in [0.15, 0.2) is 18.2 Å². The first-order valence-corrected chi connectivity index (χ1v) is 5.91. The number of rotatable bonds is 6. The van der Waals surface area contributed by atoms with E-state index in [1.807, 2.05) is 6.92 Å². The van der Waals surface area contributed by atoms with Gasteiger partial charge in [-0.15, -0.1) is 0 Å². The van der Waals surface area contributed by atoms with Gasteiger partial charge in [-0.2, -0.15) is 0 Å². The van der Waals surface area contributed by atoms with E-state index < -0.39 is 16.3 Å². The van der Waals surface area contributed by atoms with E-state index in [9.17, 15) is 14.9 Å². The minimum Gasteiger partial charge on any atom is -0.486 e. The van der Waals surface area contributed by atoms with Crippen LogP contribution in [0.5, 0.6) is 5.75 Å². The number of nitro benzene ring substituents is 1. The number of carboxylic acid groups (broad SMARTS) is 1. The third kappa shape index (κ3) is 3.67. The van der Waals surface area contributed by atoms with Crippen molar-refractivity contribution in [3.05, 3.63) is 33.9 Å². The Kier molecular flexibility index (Phi) is 4.47. The third-order valence-corrected chi connectivity index (χ3v) is 2.80. The van der Waals surface area contributed by atoms with Gasteiger partial charge < -0.3 is 9.84 Å². The zero-order valence-corrected chi connectivity index (χ0v) is 11.2. The van der Waals surface area contributed by atoms with Gasteiger partial charge in [-0.25, -0.2) is 0 Å². The van der Waals surface area contributed by atoms with Crippen LogP contribution in [-0.2, 0) is 11.2 Å². The molecular weight excluding hydrogens is 250 g/mol. The Morgan fingerprint density at radius 3 is 2.58 bits per heavy atom. The Bertz CT molecular complexity index is 496. The highest BCUT2D eigenvalue weighted by Gasteiger charge is 2.29. The van der Waals surface area contributed by atoms with Crippen molar-refractivity contribution >= 4 is 11.7 Å². The lowest BCUT2D eigenvalue weighted by Crippen LogP contribution is -2.30. The molecule has 0 aliphatic heterocycles. The quantitative estimate of drug-likeness (QED) is 0.632. The zero-order valence-electron chi connectivity index (χ0n) is 11.2. The predicted molar refractivity (Wildman–Crippen MR) is 69.4 cm³/mol. The summed E-state index contributed by atoms with van der Waals surface area (Å²) in [5, 5.41) is 19.9. The second-order valence-corrected chi connectivity index (χ2v) is 4.89. The Morgan fingerprint density at radius 1 is 1.47 bits per heavy atom. The van der Waals surface area contributed by atoms with Gasteiger partial charge in [0.15, 0.2) is 5.75 Å². The van der Waals surface area contributed by atoms with Gasteiger partial charge in [-0.05, 0) is 31.9 Å². The SMILES string of the molecule is CCc1ccc(OCC(C)(C)C(=O)O)c([N+](=O)[O-])c1. The number of aryl methyl sites for hydroxylation is 1. The summed E-state index contributed by atoms with van der Waals surface area (Å²) in [5.74, 6) is -0.920. The molecular formula is C13H17NO5. The summed E-state index contributed by atoms with van der Waals surface area (Å²) in [6.45, 7) is 4.77. The maximum atomic E-state index is 11.0. The zero-order chi connectivity index (χ0) is 14.6. The van der Waals surface area contributed by atoms with Crippen molar-refractivity contribution in [1.29, 1.82) is 0 Å². The van der Waals surface area contributed by atoms with Crippen LogP contribution in [0.4, 0.5) is 5.69 Å². The van der Waals surface area contributed by atoms with Gasteiger partial charge >= 0.3 is 11.7 Å². The van der Waals surface area contributed by atoms with Crippen molar-refractivity contribution in [2.24, 2.45) is 5.41 Å². The van der Waals surface area contributed by atoms with Gasteiger partial charge in [0.1, 0.15) is 6.61 Å². The molecule has 0 aliphatic carbocycles. The first kappa shape index (κ1) is 14.9. The van der Waals surface area contributed by atoms with Crippen LogP contribution in [-0.4, -0.2) is 22.6 Å². The monoisotopic (exact) mass is 267 g/mol. The summed E-state index contributed by atoms with van der Waals surface area (Å²) in [6, 6.07) is 4.69. The van der Waals surface area contributed by atoms with E-state index in [1.165, 1.54) is 26.0 Å². The molecule has 0 radical (unpaired) electrons. The second kappa shape index (κ2) is 5.69. The molecule has 1 N–H and O–H groups in total. The molecule has 1 rings (SSSR count). The fourth-order valence-electron chi connectivity index (χ4n) is 1.37. The van der Waals surface area contributed by atoms with E-state index >= 15 is 0 Å². The number of aliphatic carboxylic acids is 1. The molecule has 0 unspecified atom stereocenters. The molecule has 0 heterocycles. The summed E-state index contributed by atoms with van der Waals surface area (Å²) in [7, 11) is 0. The lowest BCUT2D eigenvalue weighted by Gasteiger charge is -2.19. The summed E-state index contributed by atoms with van der Waals surface area (Å²) >= 11 is 0. The van der Waals surface area contributed by atoms with E-state index in [1.54, 1.807) is 6.07 Å². The van der Waals surface area contributed by atoms with Gasteiger partial charge in [0.05, 0.1) is 10.3 Å². The van der Waals surface area contributed by atoms with Crippen molar-refractivity contribution in [2.75, 3.05) is 6.61 Å². The molecule has 104 valence electrons. The number of nitrogens with zero attached hydrogens (tertiary/aromatic N) is 1. The molecule has 6 nitrogen and oxygen atoms in total. The highest BCUT2D eigenvalue weighted by molar-refractivity contribution is 5.73. The molecule has 0 aromatic heterocycles. The fourth-order valence-corrected chi connectivity index (χ4v) is 1.37. The Morgan fingerprint density at radius 2 is 2.11 bits per heavy atom. The first-order valence-electron chi connectivity index (χ1n) is 5.91. The van der Waals surface area contributed by atoms with Crippen LogP contribution < -0.4 is 4.74 Å². The van der Waals surface area contributed by atoms with E-state index in [0.29, 0.717) is 6.42 Å². The average molecular weight is 267 g/mol. The smallest absolute Gasteiger partial charge is 0.312 e. The van der Waals surface area contributed by atoms with Gasteiger partial charge in [0, 0.05) is 6.07 Å². The Balaban J connectivity index is 2.95. The van der Waals surface area contributed by atoms with Crippen LogP contribution in [0, 0.1) is 15.5 Å². The highest BCUT2D eigenvalue weighted by Crippen LogP contribution is 2.29. The topological polar surface area (TPSA) is 89.7 Å². The Labute approximate surface area is 111 Å². The second-order valence-electron chi connectivity index (χ2n) is 4.89. The maximum Gasteiger partial charge on any atom is 0.312 e. The van der Waals surface area contributed by atoms with Crippen molar-refractivity contribution in [3.63, 3.8) is 0 Å². The molecule has 6 heteroatoms. The van der Waals surface area contributed by atoms with Gasteiger partial charge in [0.2, 0.25) is 0 Å². The molecule has 0 aliphatic rings. The molecule has 0 saturated heterocycles. The lowest BCUT2D eigenvalue weighted by molar-refractivity contribution is -0.386. The number of nitro groups is 1. The van der Waals surface area contributed by atoms with Gasteiger partial charge in [-0.1, -0.05) is 13.0 Å². The molecule has 0 bridgehead atoms.